The number of amides is 1. The second-order valence-electron chi connectivity index (χ2n) is 8.32. The van der Waals surface area contributed by atoms with Crippen molar-refractivity contribution in [2.24, 2.45) is 23.7 Å². The van der Waals surface area contributed by atoms with Gasteiger partial charge in [-0.15, -0.1) is 10.2 Å². The number of hydrogen-bond acceptors (Lipinski definition) is 6. The molecule has 0 atom stereocenters. The van der Waals surface area contributed by atoms with Gasteiger partial charge >= 0.3 is 0 Å². The molecule has 0 aliphatic heterocycles. The zero-order valence-corrected chi connectivity index (χ0v) is 16.1. The lowest BCUT2D eigenvalue weighted by atomic mass is 9.53. The first-order valence-corrected chi connectivity index (χ1v) is 11.2. The van der Waals surface area contributed by atoms with Crippen LogP contribution in [-0.4, -0.2) is 30.1 Å². The average Bonchev–Trinajstić information content (AvgIpc) is 2.93. The largest absolute Gasteiger partial charge is 0.300 e. The lowest BCUT2D eigenvalue weighted by Crippen LogP contribution is -2.59. The maximum absolute atomic E-state index is 12.8. The molecule has 4 aliphatic rings. The fourth-order valence-electron chi connectivity index (χ4n) is 5.18. The number of anilines is 1. The smallest absolute Gasteiger partial charge is 0.270 e. The minimum atomic E-state index is -3.71. The highest BCUT2D eigenvalue weighted by atomic mass is 32.2. The van der Waals surface area contributed by atoms with Crippen LogP contribution in [0.2, 0.25) is 0 Å². The van der Waals surface area contributed by atoms with E-state index in [1.807, 2.05) is 0 Å². The number of nitrogens with one attached hydrogen (secondary N) is 2. The topological polar surface area (TPSA) is 101 Å². The summed E-state index contributed by atoms with van der Waals surface area (Å²) in [5.74, 6) is 1.57. The van der Waals surface area contributed by atoms with Crippen LogP contribution < -0.4 is 10.0 Å². The molecular formula is C16H24N4O3S2. The van der Waals surface area contributed by atoms with Gasteiger partial charge in [0, 0.05) is 11.5 Å². The lowest BCUT2D eigenvalue weighted by Gasteiger charge is -2.56. The molecule has 1 aromatic heterocycles. The molecule has 4 saturated carbocycles. The zero-order valence-electron chi connectivity index (χ0n) is 14.5. The number of rotatable bonds is 5. The Morgan fingerprint density at radius 1 is 1.12 bits per heavy atom. The molecule has 0 spiro atoms. The number of carbonyl (C=O) groups is 1. The SMILES string of the molecule is CC(C)C(=O)Nc1nnc(S(=O)(=O)NC23CC4CC(CC(C4)C2)C3)s1. The van der Waals surface area contributed by atoms with Crippen LogP contribution in [0.15, 0.2) is 4.34 Å². The van der Waals surface area contributed by atoms with E-state index in [0.29, 0.717) is 17.8 Å². The Morgan fingerprint density at radius 2 is 1.68 bits per heavy atom. The summed E-state index contributed by atoms with van der Waals surface area (Å²) in [6, 6.07) is 0. The van der Waals surface area contributed by atoms with Crippen molar-refractivity contribution in [3.63, 3.8) is 0 Å². The summed E-state index contributed by atoms with van der Waals surface area (Å²) in [6.45, 7) is 3.53. The van der Waals surface area contributed by atoms with Gasteiger partial charge in [0.25, 0.3) is 10.0 Å². The highest BCUT2D eigenvalue weighted by molar-refractivity contribution is 7.91. The van der Waals surface area contributed by atoms with E-state index in [4.69, 9.17) is 0 Å². The highest BCUT2D eigenvalue weighted by Crippen LogP contribution is 2.56. The van der Waals surface area contributed by atoms with Crippen molar-refractivity contribution in [1.82, 2.24) is 14.9 Å². The first-order chi connectivity index (χ1) is 11.7. The predicted molar refractivity (Wildman–Crippen MR) is 94.6 cm³/mol. The van der Waals surface area contributed by atoms with E-state index in [2.05, 4.69) is 20.2 Å². The summed E-state index contributed by atoms with van der Waals surface area (Å²) in [6.07, 6.45) is 6.58. The monoisotopic (exact) mass is 384 g/mol. The third-order valence-corrected chi connectivity index (χ3v) is 8.56. The summed E-state index contributed by atoms with van der Waals surface area (Å²) in [7, 11) is -3.71. The van der Waals surface area contributed by atoms with Gasteiger partial charge < -0.3 is 5.32 Å². The molecule has 138 valence electrons. The van der Waals surface area contributed by atoms with Crippen LogP contribution in [0.1, 0.15) is 52.4 Å². The number of carbonyl (C=O) groups excluding carboxylic acids is 1. The van der Waals surface area contributed by atoms with Gasteiger partial charge in [0.1, 0.15) is 0 Å². The molecule has 5 rings (SSSR count). The van der Waals surface area contributed by atoms with Crippen molar-refractivity contribution in [3.05, 3.63) is 0 Å². The maximum atomic E-state index is 12.8. The van der Waals surface area contributed by atoms with E-state index in [1.54, 1.807) is 13.8 Å². The molecule has 4 bridgehead atoms. The third-order valence-electron chi connectivity index (χ3n) is 5.78. The summed E-state index contributed by atoms with van der Waals surface area (Å²) in [5, 5.41) is 10.5. The van der Waals surface area contributed by atoms with Crippen LogP contribution in [0, 0.1) is 23.7 Å². The molecular weight excluding hydrogens is 360 g/mol. The first-order valence-electron chi connectivity index (χ1n) is 8.93. The van der Waals surface area contributed by atoms with E-state index < -0.39 is 10.0 Å². The highest BCUT2D eigenvalue weighted by Gasteiger charge is 2.52. The van der Waals surface area contributed by atoms with Crippen LogP contribution in [0.3, 0.4) is 0 Å². The van der Waals surface area contributed by atoms with Crippen molar-refractivity contribution in [2.75, 3.05) is 5.32 Å². The standard InChI is InChI=1S/C16H24N4O3S2/c1-9(2)13(21)17-14-18-19-15(24-14)25(22,23)20-16-6-10-3-11(7-16)5-12(4-10)8-16/h9-12,20H,3-8H2,1-2H3,(H,17,18,21). The molecule has 2 N–H and O–H groups in total. The van der Waals surface area contributed by atoms with Crippen molar-refractivity contribution in [1.29, 1.82) is 0 Å². The zero-order chi connectivity index (χ0) is 17.8. The Labute approximate surface area is 152 Å². The van der Waals surface area contributed by atoms with Gasteiger partial charge in [0.15, 0.2) is 0 Å². The molecule has 1 amide bonds. The van der Waals surface area contributed by atoms with Crippen molar-refractivity contribution < 1.29 is 13.2 Å². The van der Waals surface area contributed by atoms with E-state index in [1.165, 1.54) is 19.3 Å². The summed E-state index contributed by atoms with van der Waals surface area (Å²) in [5.41, 5.74) is -0.305. The van der Waals surface area contributed by atoms with Crippen LogP contribution >= 0.6 is 11.3 Å². The van der Waals surface area contributed by atoms with Crippen LogP contribution in [0.25, 0.3) is 0 Å². The Balaban J connectivity index is 1.51. The van der Waals surface area contributed by atoms with Gasteiger partial charge in [-0.3, -0.25) is 4.79 Å². The van der Waals surface area contributed by atoms with Crippen molar-refractivity contribution >= 4 is 32.4 Å². The van der Waals surface area contributed by atoms with E-state index >= 15 is 0 Å². The summed E-state index contributed by atoms with van der Waals surface area (Å²) in [4.78, 5) is 11.7. The number of nitrogens with zero attached hydrogens (tertiary/aromatic N) is 2. The van der Waals surface area contributed by atoms with Gasteiger partial charge in [-0.1, -0.05) is 25.2 Å². The summed E-state index contributed by atoms with van der Waals surface area (Å²) >= 11 is 0.910. The lowest BCUT2D eigenvalue weighted by molar-refractivity contribution is -0.118. The maximum Gasteiger partial charge on any atom is 0.270 e. The molecule has 4 fully saturated rings. The molecule has 0 saturated heterocycles. The molecule has 1 heterocycles. The second-order valence-corrected chi connectivity index (χ2v) is 11.2. The molecule has 0 radical (unpaired) electrons. The average molecular weight is 385 g/mol. The predicted octanol–water partition coefficient (Wildman–Crippen LogP) is 2.38. The number of aromatic nitrogens is 2. The molecule has 0 unspecified atom stereocenters. The minimum Gasteiger partial charge on any atom is -0.300 e. The molecule has 4 aliphatic carbocycles. The normalized spacial score (nSPS) is 33.8. The molecule has 9 heteroatoms. The van der Waals surface area contributed by atoms with Crippen LogP contribution in [0.4, 0.5) is 5.13 Å². The van der Waals surface area contributed by atoms with Gasteiger partial charge in [-0.05, 0) is 56.3 Å². The van der Waals surface area contributed by atoms with Gasteiger partial charge in [-0.2, -0.15) is 0 Å². The summed E-state index contributed by atoms with van der Waals surface area (Å²) < 4.78 is 28.6. The van der Waals surface area contributed by atoms with E-state index in [-0.39, 0.29) is 26.8 Å². The first kappa shape index (κ1) is 17.4. The van der Waals surface area contributed by atoms with E-state index in [9.17, 15) is 13.2 Å². The minimum absolute atomic E-state index is 0.0673. The quantitative estimate of drug-likeness (QED) is 0.759. The Bertz CT molecular complexity index is 752. The van der Waals surface area contributed by atoms with E-state index in [0.717, 1.165) is 30.6 Å². The number of hydrogen-bond donors (Lipinski definition) is 2. The molecule has 25 heavy (non-hydrogen) atoms. The Kier molecular flexibility index (Phi) is 4.16. The Morgan fingerprint density at radius 3 is 2.20 bits per heavy atom. The molecule has 1 aromatic rings. The van der Waals surface area contributed by atoms with Crippen LogP contribution in [0.5, 0.6) is 0 Å². The third kappa shape index (κ3) is 3.33. The van der Waals surface area contributed by atoms with Gasteiger partial charge in [-0.25, -0.2) is 13.1 Å². The number of sulfonamides is 1. The fourth-order valence-corrected chi connectivity index (χ4v) is 7.52. The Hall–Kier alpha value is -1.06. The van der Waals surface area contributed by atoms with Crippen LogP contribution in [-0.2, 0) is 14.8 Å². The second kappa shape index (κ2) is 5.99. The molecule has 7 nitrogen and oxygen atoms in total. The molecule has 0 aromatic carbocycles. The van der Waals surface area contributed by atoms with Crippen molar-refractivity contribution in [2.45, 2.75) is 62.3 Å². The van der Waals surface area contributed by atoms with Gasteiger partial charge in [0.2, 0.25) is 15.4 Å². The fraction of sp³-hybridized carbons (Fsp3) is 0.812. The van der Waals surface area contributed by atoms with Crippen molar-refractivity contribution in [3.8, 4) is 0 Å². The van der Waals surface area contributed by atoms with Gasteiger partial charge in [0.05, 0.1) is 0 Å².